The average Bonchev–Trinajstić information content (AvgIpc) is 2.91. The molecule has 0 aliphatic carbocycles. The first-order valence-electron chi connectivity index (χ1n) is 14.3. The summed E-state index contributed by atoms with van der Waals surface area (Å²) in [6.07, 6.45) is 6.45. The standard InChI is InChI=1S/C30H53N5O3/c1-11-30(10,24(5)27(32(12-2)13-3)25(6)33-19-21-37-22-20-33)23-31-35(14-4)26-15-17-34(18-16-26)28(36)38-29(7,8)9/h12,23,26H,2,6,11,13-22H2,1,3-5,7-10H3/b27-24-,31-23-/t30-/m0/s1. The maximum atomic E-state index is 12.5. The minimum absolute atomic E-state index is 0.224. The van der Waals surface area contributed by atoms with Gasteiger partial charge >= 0.3 is 6.09 Å². The number of carbonyl (C=O) groups excluding carboxylic acids is 1. The van der Waals surface area contributed by atoms with Gasteiger partial charge in [0.25, 0.3) is 0 Å². The van der Waals surface area contributed by atoms with Crippen molar-refractivity contribution in [1.29, 1.82) is 0 Å². The highest BCUT2D eigenvalue weighted by atomic mass is 16.6. The van der Waals surface area contributed by atoms with Crippen LogP contribution < -0.4 is 0 Å². The van der Waals surface area contributed by atoms with Gasteiger partial charge in [-0.2, -0.15) is 5.10 Å². The van der Waals surface area contributed by atoms with Crippen LogP contribution in [0, 0.1) is 5.41 Å². The maximum absolute atomic E-state index is 12.5. The highest BCUT2D eigenvalue weighted by molar-refractivity contribution is 5.70. The molecular formula is C30H53N5O3. The van der Waals surface area contributed by atoms with Gasteiger partial charge in [0.2, 0.25) is 0 Å². The van der Waals surface area contributed by atoms with E-state index in [0.717, 1.165) is 70.0 Å². The summed E-state index contributed by atoms with van der Waals surface area (Å²) in [6.45, 7) is 31.4. The fourth-order valence-corrected chi connectivity index (χ4v) is 4.99. The van der Waals surface area contributed by atoms with E-state index < -0.39 is 5.60 Å². The van der Waals surface area contributed by atoms with E-state index in [1.165, 1.54) is 5.57 Å². The molecule has 0 aromatic carbocycles. The van der Waals surface area contributed by atoms with E-state index >= 15 is 0 Å². The van der Waals surface area contributed by atoms with Crippen LogP contribution in [-0.2, 0) is 9.47 Å². The SMILES string of the molecule is C=CN(CC)/C(C(=C)N1CCOCC1)=C(/C)[C@](C)(/C=N\N(CC)C1CCN(C(=O)OC(C)(C)C)CC1)CC. The number of ether oxygens (including phenoxy) is 2. The van der Waals surface area contributed by atoms with Crippen LogP contribution in [0.2, 0.25) is 0 Å². The number of hydrazone groups is 1. The number of hydrogen-bond donors (Lipinski definition) is 0. The number of amides is 1. The fourth-order valence-electron chi connectivity index (χ4n) is 4.99. The molecule has 0 bridgehead atoms. The summed E-state index contributed by atoms with van der Waals surface area (Å²) in [5.74, 6) is 0. The van der Waals surface area contributed by atoms with Crippen molar-refractivity contribution in [3.05, 3.63) is 36.3 Å². The van der Waals surface area contributed by atoms with Gasteiger partial charge in [0, 0.05) is 50.9 Å². The number of likely N-dealkylation sites (N-methyl/N-ethyl adjacent to an activating group) is 1. The molecule has 0 saturated carbocycles. The van der Waals surface area contributed by atoms with Crippen LogP contribution in [0.15, 0.2) is 41.4 Å². The zero-order valence-corrected chi connectivity index (χ0v) is 25.4. The first kappa shape index (κ1) is 31.7. The third-order valence-electron chi connectivity index (χ3n) is 7.81. The summed E-state index contributed by atoms with van der Waals surface area (Å²) in [4.78, 5) is 18.8. The summed E-state index contributed by atoms with van der Waals surface area (Å²) in [5, 5.41) is 7.25. The van der Waals surface area contributed by atoms with Crippen LogP contribution in [0.1, 0.15) is 74.7 Å². The molecule has 8 nitrogen and oxygen atoms in total. The Morgan fingerprint density at radius 3 is 2.13 bits per heavy atom. The quantitative estimate of drug-likeness (QED) is 0.194. The minimum Gasteiger partial charge on any atom is -0.444 e. The van der Waals surface area contributed by atoms with Crippen LogP contribution in [0.3, 0.4) is 0 Å². The molecular weight excluding hydrogens is 478 g/mol. The smallest absolute Gasteiger partial charge is 0.410 e. The Morgan fingerprint density at radius 1 is 1.05 bits per heavy atom. The van der Waals surface area contributed by atoms with Gasteiger partial charge in [0.1, 0.15) is 5.60 Å². The van der Waals surface area contributed by atoms with Crippen molar-refractivity contribution >= 4 is 12.3 Å². The molecule has 0 N–H and O–H groups in total. The number of morpholine rings is 1. The van der Waals surface area contributed by atoms with E-state index in [4.69, 9.17) is 14.6 Å². The van der Waals surface area contributed by atoms with E-state index in [9.17, 15) is 4.79 Å². The second kappa shape index (κ2) is 14.1. The number of nitrogens with zero attached hydrogens (tertiary/aromatic N) is 5. The monoisotopic (exact) mass is 531 g/mol. The van der Waals surface area contributed by atoms with Crippen molar-refractivity contribution in [3.8, 4) is 0 Å². The molecule has 2 aliphatic heterocycles. The number of likely N-dealkylation sites (tertiary alicyclic amines) is 1. The average molecular weight is 532 g/mol. The molecule has 0 radical (unpaired) electrons. The van der Waals surface area contributed by atoms with E-state index in [2.05, 4.69) is 68.8 Å². The number of hydrogen-bond acceptors (Lipinski definition) is 7. The Morgan fingerprint density at radius 2 is 1.66 bits per heavy atom. The lowest BCUT2D eigenvalue weighted by atomic mass is 9.79. The Kier molecular flexibility index (Phi) is 11.7. The minimum atomic E-state index is -0.478. The summed E-state index contributed by atoms with van der Waals surface area (Å²) in [6, 6.07) is 0.295. The van der Waals surface area contributed by atoms with Gasteiger partial charge in [0.05, 0.1) is 30.6 Å². The first-order chi connectivity index (χ1) is 17.9. The topological polar surface area (TPSA) is 60.9 Å². The molecule has 0 aromatic heterocycles. The molecule has 216 valence electrons. The zero-order chi connectivity index (χ0) is 28.5. The van der Waals surface area contributed by atoms with Gasteiger partial charge in [-0.25, -0.2) is 4.79 Å². The van der Waals surface area contributed by atoms with E-state index in [1.807, 2.05) is 31.9 Å². The predicted octanol–water partition coefficient (Wildman–Crippen LogP) is 5.70. The van der Waals surface area contributed by atoms with Gasteiger partial charge < -0.3 is 24.2 Å². The number of carbonyl (C=O) groups is 1. The Balaban J connectivity index is 2.24. The van der Waals surface area contributed by atoms with Crippen LogP contribution in [-0.4, -0.2) is 96.1 Å². The van der Waals surface area contributed by atoms with Crippen molar-refractivity contribution < 1.29 is 14.3 Å². The largest absolute Gasteiger partial charge is 0.444 e. The predicted molar refractivity (Wildman–Crippen MR) is 157 cm³/mol. The third-order valence-corrected chi connectivity index (χ3v) is 7.81. The number of piperidine rings is 1. The molecule has 0 aromatic rings. The molecule has 2 saturated heterocycles. The molecule has 1 atom stereocenters. The molecule has 1 amide bonds. The lowest BCUT2D eigenvalue weighted by Crippen LogP contribution is -2.46. The molecule has 2 aliphatic rings. The Bertz CT molecular complexity index is 864. The number of allylic oxidation sites excluding steroid dienone is 1. The molecule has 2 heterocycles. The second-order valence-electron chi connectivity index (χ2n) is 11.5. The van der Waals surface area contributed by atoms with Gasteiger partial charge in [-0.1, -0.05) is 27.0 Å². The van der Waals surface area contributed by atoms with Crippen molar-refractivity contribution in [2.45, 2.75) is 86.3 Å². The van der Waals surface area contributed by atoms with Crippen molar-refractivity contribution in [1.82, 2.24) is 19.7 Å². The zero-order valence-electron chi connectivity index (χ0n) is 25.4. The summed E-state index contributed by atoms with van der Waals surface area (Å²) < 4.78 is 11.1. The normalized spacial score (nSPS) is 19.6. The first-order valence-corrected chi connectivity index (χ1v) is 14.3. The van der Waals surface area contributed by atoms with Gasteiger partial charge in [-0.05, 0) is 72.6 Å². The third kappa shape index (κ3) is 8.26. The van der Waals surface area contributed by atoms with Crippen molar-refractivity contribution in [3.63, 3.8) is 0 Å². The lowest BCUT2D eigenvalue weighted by molar-refractivity contribution is 0.0147. The molecule has 8 heteroatoms. The molecule has 38 heavy (non-hydrogen) atoms. The maximum Gasteiger partial charge on any atom is 0.410 e. The van der Waals surface area contributed by atoms with E-state index in [-0.39, 0.29) is 11.5 Å². The van der Waals surface area contributed by atoms with Gasteiger partial charge in [0.15, 0.2) is 0 Å². The summed E-state index contributed by atoms with van der Waals surface area (Å²) >= 11 is 0. The van der Waals surface area contributed by atoms with E-state index in [0.29, 0.717) is 19.1 Å². The van der Waals surface area contributed by atoms with Gasteiger partial charge in [-0.15, -0.1) is 0 Å². The summed E-state index contributed by atoms with van der Waals surface area (Å²) in [7, 11) is 0. The van der Waals surface area contributed by atoms with Crippen molar-refractivity contribution in [2.75, 3.05) is 52.5 Å². The van der Waals surface area contributed by atoms with Gasteiger partial charge in [-0.3, -0.25) is 5.01 Å². The van der Waals surface area contributed by atoms with Crippen LogP contribution in [0.25, 0.3) is 0 Å². The molecule has 0 unspecified atom stereocenters. The number of rotatable bonds is 11. The van der Waals surface area contributed by atoms with E-state index in [1.54, 1.807) is 0 Å². The highest BCUT2D eigenvalue weighted by Gasteiger charge is 2.32. The fraction of sp³-hybridized carbons (Fsp3) is 0.733. The lowest BCUT2D eigenvalue weighted by Gasteiger charge is -2.39. The van der Waals surface area contributed by atoms with Crippen molar-refractivity contribution in [2.24, 2.45) is 10.5 Å². The summed E-state index contributed by atoms with van der Waals surface area (Å²) in [5.41, 5.74) is 2.63. The van der Waals surface area contributed by atoms with Crippen LogP contribution >= 0.6 is 0 Å². The molecule has 2 rings (SSSR count). The molecule has 2 fully saturated rings. The van der Waals surface area contributed by atoms with Crippen LogP contribution in [0.4, 0.5) is 4.79 Å². The highest BCUT2D eigenvalue weighted by Crippen LogP contribution is 2.36. The Hall–Kier alpha value is -2.48. The second-order valence-corrected chi connectivity index (χ2v) is 11.5. The Labute approximate surface area is 232 Å². The molecule has 0 spiro atoms. The van der Waals surface area contributed by atoms with Crippen LogP contribution in [0.5, 0.6) is 0 Å².